The lowest BCUT2D eigenvalue weighted by molar-refractivity contribution is 0.591. The van der Waals surface area contributed by atoms with Gasteiger partial charge in [0.2, 0.25) is 0 Å². The maximum Gasteiger partial charge on any atom is 0.262 e. The number of hydrogen-bond donors (Lipinski definition) is 1. The minimum atomic E-state index is -3.99. The van der Waals surface area contributed by atoms with Gasteiger partial charge in [0.25, 0.3) is 10.0 Å². The van der Waals surface area contributed by atoms with Crippen LogP contribution in [0.3, 0.4) is 0 Å². The van der Waals surface area contributed by atoms with Crippen molar-refractivity contribution in [1.29, 1.82) is 0 Å². The molecule has 0 aromatic heterocycles. The molecule has 20 heavy (non-hydrogen) atoms. The maximum atomic E-state index is 13.6. The quantitative estimate of drug-likeness (QED) is 0.744. The summed E-state index contributed by atoms with van der Waals surface area (Å²) < 4.78 is 53.6. The lowest BCUT2D eigenvalue weighted by atomic mass is 10.3. The fourth-order valence-electron chi connectivity index (χ4n) is 1.44. The van der Waals surface area contributed by atoms with Gasteiger partial charge in [0.1, 0.15) is 11.6 Å². The number of rotatable bonds is 3. The number of sulfonamides is 1. The number of hydrogen-bond acceptors (Lipinski definition) is 2. The van der Waals surface area contributed by atoms with E-state index in [1.807, 2.05) is 4.72 Å². The molecular formula is C12H7Br2F2NO2S. The molecule has 2 aromatic rings. The zero-order valence-corrected chi connectivity index (χ0v) is 13.7. The highest BCUT2D eigenvalue weighted by Crippen LogP contribution is 2.26. The van der Waals surface area contributed by atoms with Gasteiger partial charge in [-0.15, -0.1) is 0 Å². The first-order valence-corrected chi connectivity index (χ1v) is 8.29. The van der Waals surface area contributed by atoms with Gasteiger partial charge in [0.15, 0.2) is 0 Å². The van der Waals surface area contributed by atoms with Crippen molar-refractivity contribution < 1.29 is 17.2 Å². The summed E-state index contributed by atoms with van der Waals surface area (Å²) in [5.74, 6) is -1.64. The van der Waals surface area contributed by atoms with Crippen LogP contribution in [0.2, 0.25) is 0 Å². The van der Waals surface area contributed by atoms with Gasteiger partial charge < -0.3 is 0 Å². The minimum absolute atomic E-state index is 0.0606. The van der Waals surface area contributed by atoms with Crippen LogP contribution < -0.4 is 4.72 Å². The highest BCUT2D eigenvalue weighted by atomic mass is 79.9. The Hall–Kier alpha value is -0.990. The van der Waals surface area contributed by atoms with E-state index in [0.29, 0.717) is 4.47 Å². The van der Waals surface area contributed by atoms with Crippen molar-refractivity contribution >= 4 is 47.6 Å². The molecule has 0 aliphatic rings. The van der Waals surface area contributed by atoms with Crippen LogP contribution in [0.15, 0.2) is 50.2 Å². The van der Waals surface area contributed by atoms with Gasteiger partial charge in [0, 0.05) is 10.5 Å². The van der Waals surface area contributed by atoms with E-state index in [-0.39, 0.29) is 9.37 Å². The fourth-order valence-corrected chi connectivity index (χ4v) is 3.41. The van der Waals surface area contributed by atoms with E-state index in [1.54, 1.807) is 6.07 Å². The van der Waals surface area contributed by atoms with Crippen LogP contribution in [-0.2, 0) is 10.0 Å². The first-order chi connectivity index (χ1) is 9.29. The summed E-state index contributed by atoms with van der Waals surface area (Å²) >= 11 is 5.96. The first-order valence-electron chi connectivity index (χ1n) is 5.22. The van der Waals surface area contributed by atoms with Crippen molar-refractivity contribution in [3.05, 3.63) is 57.0 Å². The van der Waals surface area contributed by atoms with E-state index in [0.717, 1.165) is 12.1 Å². The van der Waals surface area contributed by atoms with Gasteiger partial charge >= 0.3 is 0 Å². The Morgan fingerprint density at radius 1 is 1.00 bits per heavy atom. The van der Waals surface area contributed by atoms with Crippen LogP contribution in [0.5, 0.6) is 0 Å². The van der Waals surface area contributed by atoms with E-state index >= 15 is 0 Å². The molecule has 0 saturated heterocycles. The van der Waals surface area contributed by atoms with E-state index in [4.69, 9.17) is 0 Å². The molecule has 8 heteroatoms. The third-order valence-corrected chi connectivity index (χ3v) is 4.82. The predicted octanol–water partition coefficient (Wildman–Crippen LogP) is 4.29. The lowest BCUT2D eigenvalue weighted by Crippen LogP contribution is -2.14. The Bertz CT molecular complexity index is 766. The van der Waals surface area contributed by atoms with Gasteiger partial charge in [-0.05, 0) is 40.2 Å². The molecule has 1 N–H and O–H groups in total. The lowest BCUT2D eigenvalue weighted by Gasteiger charge is -2.10. The molecule has 0 heterocycles. The fraction of sp³-hybridized carbons (Fsp3) is 0. The molecule has 2 rings (SSSR count). The Morgan fingerprint density at radius 2 is 1.70 bits per heavy atom. The van der Waals surface area contributed by atoms with Crippen molar-refractivity contribution in [2.45, 2.75) is 4.90 Å². The van der Waals surface area contributed by atoms with Crippen molar-refractivity contribution in [3.63, 3.8) is 0 Å². The second-order valence-electron chi connectivity index (χ2n) is 3.81. The number of benzene rings is 2. The minimum Gasteiger partial charge on any atom is -0.277 e. The van der Waals surface area contributed by atoms with E-state index < -0.39 is 27.3 Å². The van der Waals surface area contributed by atoms with Crippen LogP contribution in [-0.4, -0.2) is 8.42 Å². The monoisotopic (exact) mass is 425 g/mol. The van der Waals surface area contributed by atoms with Gasteiger partial charge in [-0.3, -0.25) is 4.72 Å². The maximum absolute atomic E-state index is 13.6. The highest BCUT2D eigenvalue weighted by molar-refractivity contribution is 9.10. The van der Waals surface area contributed by atoms with Gasteiger partial charge in [-0.2, -0.15) is 0 Å². The van der Waals surface area contributed by atoms with E-state index in [2.05, 4.69) is 31.9 Å². The molecule has 0 radical (unpaired) electrons. The van der Waals surface area contributed by atoms with Gasteiger partial charge in [-0.25, -0.2) is 17.2 Å². The third kappa shape index (κ3) is 3.36. The molecule has 0 amide bonds. The molecule has 0 fully saturated rings. The van der Waals surface area contributed by atoms with Crippen LogP contribution in [0.4, 0.5) is 14.5 Å². The van der Waals surface area contributed by atoms with Gasteiger partial charge in [-0.1, -0.05) is 22.0 Å². The average molecular weight is 427 g/mol. The summed E-state index contributed by atoms with van der Waals surface area (Å²) in [5.41, 5.74) is -0.453. The van der Waals surface area contributed by atoms with Crippen molar-refractivity contribution in [3.8, 4) is 0 Å². The SMILES string of the molecule is O=S(=O)(Nc1cc(F)c(Br)cc1F)c1cccc(Br)c1. The molecule has 0 saturated carbocycles. The molecular weight excluding hydrogens is 420 g/mol. The summed E-state index contributed by atoms with van der Waals surface area (Å²) in [6, 6.07) is 7.51. The summed E-state index contributed by atoms with van der Waals surface area (Å²) in [6.07, 6.45) is 0. The Kier molecular flexibility index (Phi) is 4.46. The normalized spacial score (nSPS) is 11.4. The molecule has 3 nitrogen and oxygen atoms in total. The molecule has 0 spiro atoms. The Morgan fingerprint density at radius 3 is 2.35 bits per heavy atom. The smallest absolute Gasteiger partial charge is 0.262 e. The predicted molar refractivity (Wildman–Crippen MR) is 79.0 cm³/mol. The van der Waals surface area contributed by atoms with Crippen LogP contribution >= 0.6 is 31.9 Å². The highest BCUT2D eigenvalue weighted by Gasteiger charge is 2.18. The summed E-state index contributed by atoms with van der Waals surface area (Å²) in [5, 5.41) is 0. The van der Waals surface area contributed by atoms with Crippen molar-refractivity contribution in [2.24, 2.45) is 0 Å². The summed E-state index contributed by atoms with van der Waals surface area (Å²) in [4.78, 5) is -0.0606. The largest absolute Gasteiger partial charge is 0.277 e. The number of halogens is 4. The Balaban J connectivity index is 2.41. The molecule has 0 aliphatic carbocycles. The zero-order chi connectivity index (χ0) is 14.9. The molecule has 106 valence electrons. The van der Waals surface area contributed by atoms with Gasteiger partial charge in [0.05, 0.1) is 15.1 Å². The summed E-state index contributed by atoms with van der Waals surface area (Å²) in [7, 11) is -3.99. The van der Waals surface area contributed by atoms with Crippen molar-refractivity contribution in [1.82, 2.24) is 0 Å². The molecule has 0 bridgehead atoms. The number of anilines is 1. The zero-order valence-electron chi connectivity index (χ0n) is 9.70. The van der Waals surface area contributed by atoms with E-state index in [9.17, 15) is 17.2 Å². The topological polar surface area (TPSA) is 46.2 Å². The second-order valence-corrected chi connectivity index (χ2v) is 7.26. The molecule has 0 unspecified atom stereocenters. The number of nitrogens with one attached hydrogen (secondary N) is 1. The van der Waals surface area contributed by atoms with Crippen LogP contribution in [0.25, 0.3) is 0 Å². The van der Waals surface area contributed by atoms with E-state index in [1.165, 1.54) is 18.2 Å². The molecule has 2 aromatic carbocycles. The standard InChI is InChI=1S/C12H7Br2F2NO2S/c13-7-2-1-3-8(4-7)20(18,19)17-12-6-10(15)9(14)5-11(12)16/h1-6,17H. The third-order valence-electron chi connectivity index (χ3n) is 2.36. The molecule has 0 atom stereocenters. The van der Waals surface area contributed by atoms with Crippen LogP contribution in [0.1, 0.15) is 0 Å². The Labute approximate surface area is 131 Å². The van der Waals surface area contributed by atoms with Crippen LogP contribution in [0, 0.1) is 11.6 Å². The van der Waals surface area contributed by atoms with Crippen molar-refractivity contribution in [2.75, 3.05) is 4.72 Å². The summed E-state index contributed by atoms with van der Waals surface area (Å²) in [6.45, 7) is 0. The molecule has 0 aliphatic heterocycles. The average Bonchev–Trinajstić information content (AvgIpc) is 2.36. The first kappa shape index (κ1) is 15.4. The second kappa shape index (κ2) is 5.79.